The number of fused-ring (bicyclic) bond motifs is 1. The summed E-state index contributed by atoms with van der Waals surface area (Å²) in [6.45, 7) is 3.71. The average Bonchev–Trinajstić information content (AvgIpc) is 2.20. The summed E-state index contributed by atoms with van der Waals surface area (Å²) in [5.74, 6) is -0.0547. The van der Waals surface area contributed by atoms with Gasteiger partial charge in [-0.15, -0.1) is 0 Å². The number of halogens is 2. The van der Waals surface area contributed by atoms with Crippen molar-refractivity contribution in [2.75, 3.05) is 17.3 Å². The molecular weight excluding hydrogens is 247 g/mol. The molecule has 0 saturated heterocycles. The first kappa shape index (κ1) is 11.6. The van der Waals surface area contributed by atoms with E-state index < -0.39 is 5.54 Å². The monoisotopic (exact) mass is 258 g/mol. The molecule has 1 heterocycles. The summed E-state index contributed by atoms with van der Waals surface area (Å²) in [6.07, 6.45) is 0. The number of nitrogens with one attached hydrogen (secondary N) is 1. The molecule has 1 aromatic carbocycles. The highest BCUT2D eigenvalue weighted by atomic mass is 35.5. The summed E-state index contributed by atoms with van der Waals surface area (Å²) in [7, 11) is 1.86. The summed E-state index contributed by atoms with van der Waals surface area (Å²) in [4.78, 5) is 13.7. The van der Waals surface area contributed by atoms with Crippen molar-refractivity contribution >= 4 is 40.5 Å². The summed E-state index contributed by atoms with van der Waals surface area (Å²) >= 11 is 11.9. The summed E-state index contributed by atoms with van der Waals surface area (Å²) < 4.78 is 0. The molecule has 3 nitrogen and oxygen atoms in total. The number of rotatable bonds is 0. The van der Waals surface area contributed by atoms with E-state index in [-0.39, 0.29) is 5.91 Å². The molecule has 0 fully saturated rings. The highest BCUT2D eigenvalue weighted by molar-refractivity contribution is 6.42. The lowest BCUT2D eigenvalue weighted by Gasteiger charge is -2.41. The second-order valence-electron chi connectivity index (χ2n) is 4.36. The number of hydrogen-bond acceptors (Lipinski definition) is 2. The van der Waals surface area contributed by atoms with Crippen LogP contribution in [-0.4, -0.2) is 18.5 Å². The Labute approximate surface area is 104 Å². The largest absolute Gasteiger partial charge is 0.359 e. The summed E-state index contributed by atoms with van der Waals surface area (Å²) in [5, 5.41) is 3.75. The van der Waals surface area contributed by atoms with Gasteiger partial charge in [-0.3, -0.25) is 4.79 Å². The number of carbonyl (C=O) groups excluding carboxylic acids is 1. The Morgan fingerprint density at radius 2 is 1.81 bits per heavy atom. The number of benzene rings is 1. The minimum Gasteiger partial charge on any atom is -0.359 e. The van der Waals surface area contributed by atoms with Crippen LogP contribution in [0, 0.1) is 0 Å². The van der Waals surface area contributed by atoms with Crippen LogP contribution in [0.2, 0.25) is 10.0 Å². The number of nitrogens with zero attached hydrogens (tertiary/aromatic N) is 1. The van der Waals surface area contributed by atoms with E-state index in [1.54, 1.807) is 12.1 Å². The second kappa shape index (κ2) is 3.54. The van der Waals surface area contributed by atoms with Gasteiger partial charge >= 0.3 is 0 Å². The normalized spacial score (nSPS) is 18.1. The maximum atomic E-state index is 11.9. The Morgan fingerprint density at radius 3 is 2.44 bits per heavy atom. The number of amides is 1. The maximum absolute atomic E-state index is 11.9. The van der Waals surface area contributed by atoms with Gasteiger partial charge in [0.25, 0.3) is 0 Å². The number of likely N-dealkylation sites (N-methyl/N-ethyl adjacent to an activating group) is 1. The molecule has 0 bridgehead atoms. The molecule has 0 unspecified atom stereocenters. The van der Waals surface area contributed by atoms with Crippen molar-refractivity contribution in [3.8, 4) is 0 Å². The molecule has 86 valence electrons. The van der Waals surface area contributed by atoms with E-state index in [1.165, 1.54) is 0 Å². The van der Waals surface area contributed by atoms with E-state index in [0.717, 1.165) is 5.69 Å². The first-order valence-electron chi connectivity index (χ1n) is 4.88. The minimum absolute atomic E-state index is 0.0547. The van der Waals surface area contributed by atoms with Gasteiger partial charge < -0.3 is 10.2 Å². The molecule has 0 atom stereocenters. The van der Waals surface area contributed by atoms with E-state index in [4.69, 9.17) is 23.2 Å². The van der Waals surface area contributed by atoms with Crippen LogP contribution in [0.15, 0.2) is 12.1 Å². The Hall–Kier alpha value is -0.930. The maximum Gasteiger partial charge on any atom is 0.249 e. The topological polar surface area (TPSA) is 32.3 Å². The van der Waals surface area contributed by atoms with Crippen LogP contribution in [0.1, 0.15) is 13.8 Å². The quantitative estimate of drug-likeness (QED) is 0.776. The average molecular weight is 259 g/mol. The van der Waals surface area contributed by atoms with E-state index in [0.29, 0.717) is 15.7 Å². The lowest BCUT2D eigenvalue weighted by Crippen LogP contribution is -2.54. The first-order chi connectivity index (χ1) is 7.34. The van der Waals surface area contributed by atoms with Crippen molar-refractivity contribution in [1.82, 2.24) is 0 Å². The van der Waals surface area contributed by atoms with Crippen LogP contribution in [0.5, 0.6) is 0 Å². The van der Waals surface area contributed by atoms with Crippen molar-refractivity contribution in [3.05, 3.63) is 22.2 Å². The van der Waals surface area contributed by atoms with Gasteiger partial charge in [-0.05, 0) is 26.0 Å². The van der Waals surface area contributed by atoms with Crippen LogP contribution in [0.25, 0.3) is 0 Å². The Balaban J connectivity index is 2.60. The Kier molecular flexibility index (Phi) is 2.55. The first-order valence-corrected chi connectivity index (χ1v) is 5.64. The van der Waals surface area contributed by atoms with Gasteiger partial charge in [0.1, 0.15) is 5.54 Å². The molecule has 16 heavy (non-hydrogen) atoms. The van der Waals surface area contributed by atoms with E-state index in [2.05, 4.69) is 5.32 Å². The molecule has 0 aliphatic carbocycles. The third-order valence-corrected chi connectivity index (χ3v) is 3.76. The molecule has 1 aliphatic rings. The van der Waals surface area contributed by atoms with E-state index >= 15 is 0 Å². The smallest absolute Gasteiger partial charge is 0.249 e. The molecule has 1 amide bonds. The Morgan fingerprint density at radius 1 is 1.25 bits per heavy atom. The zero-order valence-corrected chi connectivity index (χ0v) is 10.8. The number of carbonyl (C=O) groups is 1. The standard InChI is InChI=1S/C11H12Cl2N2O/c1-11(2)10(16)14-8-4-6(12)7(13)5-9(8)15(11)3/h4-5H,1-3H3,(H,14,16). The molecule has 5 heteroatoms. The van der Waals surface area contributed by atoms with E-state index in [1.807, 2.05) is 25.8 Å². The molecule has 1 aromatic rings. The van der Waals surface area contributed by atoms with Crippen LogP contribution < -0.4 is 10.2 Å². The second-order valence-corrected chi connectivity index (χ2v) is 5.17. The van der Waals surface area contributed by atoms with Gasteiger partial charge in [-0.2, -0.15) is 0 Å². The fraction of sp³-hybridized carbons (Fsp3) is 0.364. The predicted molar refractivity (Wildman–Crippen MR) is 67.6 cm³/mol. The van der Waals surface area contributed by atoms with Crippen LogP contribution in [0.4, 0.5) is 11.4 Å². The Bertz CT molecular complexity index is 471. The summed E-state index contributed by atoms with van der Waals surface area (Å²) in [5.41, 5.74) is 0.977. The number of hydrogen-bond donors (Lipinski definition) is 1. The molecule has 0 radical (unpaired) electrons. The zero-order chi connectivity index (χ0) is 12.1. The van der Waals surface area contributed by atoms with Gasteiger partial charge in [0.15, 0.2) is 0 Å². The highest BCUT2D eigenvalue weighted by Gasteiger charge is 2.38. The minimum atomic E-state index is -0.593. The fourth-order valence-electron chi connectivity index (χ4n) is 1.64. The van der Waals surface area contributed by atoms with Crippen molar-refractivity contribution < 1.29 is 4.79 Å². The van der Waals surface area contributed by atoms with Gasteiger partial charge in [0.2, 0.25) is 5.91 Å². The van der Waals surface area contributed by atoms with Crippen molar-refractivity contribution in [1.29, 1.82) is 0 Å². The van der Waals surface area contributed by atoms with E-state index in [9.17, 15) is 4.79 Å². The van der Waals surface area contributed by atoms with Crippen LogP contribution >= 0.6 is 23.2 Å². The van der Waals surface area contributed by atoms with Gasteiger partial charge in [0, 0.05) is 7.05 Å². The van der Waals surface area contributed by atoms with Gasteiger partial charge in [-0.25, -0.2) is 0 Å². The van der Waals surface area contributed by atoms with Crippen LogP contribution in [-0.2, 0) is 4.79 Å². The SMILES string of the molecule is CN1c2cc(Cl)c(Cl)cc2NC(=O)C1(C)C. The third kappa shape index (κ3) is 1.55. The highest BCUT2D eigenvalue weighted by Crippen LogP contribution is 2.40. The molecular formula is C11H12Cl2N2O. The summed E-state index contributed by atoms with van der Waals surface area (Å²) in [6, 6.07) is 3.43. The number of anilines is 2. The fourth-order valence-corrected chi connectivity index (χ4v) is 1.96. The molecule has 1 N–H and O–H groups in total. The van der Waals surface area contributed by atoms with Crippen LogP contribution in [0.3, 0.4) is 0 Å². The molecule has 0 saturated carbocycles. The van der Waals surface area contributed by atoms with Crippen molar-refractivity contribution in [3.63, 3.8) is 0 Å². The van der Waals surface area contributed by atoms with Gasteiger partial charge in [0.05, 0.1) is 21.4 Å². The predicted octanol–water partition coefficient (Wildman–Crippen LogP) is 3.16. The van der Waals surface area contributed by atoms with Crippen molar-refractivity contribution in [2.45, 2.75) is 19.4 Å². The van der Waals surface area contributed by atoms with Crippen molar-refractivity contribution in [2.24, 2.45) is 0 Å². The molecule has 0 aromatic heterocycles. The molecule has 1 aliphatic heterocycles. The molecule has 2 rings (SSSR count). The third-order valence-electron chi connectivity index (χ3n) is 3.04. The zero-order valence-electron chi connectivity index (χ0n) is 9.27. The molecule has 0 spiro atoms. The lowest BCUT2D eigenvalue weighted by atomic mass is 9.97. The van der Waals surface area contributed by atoms with Gasteiger partial charge in [-0.1, -0.05) is 23.2 Å². The lowest BCUT2D eigenvalue weighted by molar-refractivity contribution is -0.120.